The average molecular weight is 287 g/mol. The summed E-state index contributed by atoms with van der Waals surface area (Å²) in [7, 11) is 0. The predicted molar refractivity (Wildman–Crippen MR) is 83.7 cm³/mol. The lowest BCUT2D eigenvalue weighted by atomic mass is 10.1. The van der Waals surface area contributed by atoms with E-state index in [1.807, 2.05) is 24.3 Å². The van der Waals surface area contributed by atoms with Gasteiger partial charge in [0.25, 0.3) is 0 Å². The molecule has 1 aromatic heterocycles. The SMILES string of the molecule is CCCCCC(C)Nc1c(C(=O)O)nnc2ccccc12. The second kappa shape index (κ2) is 7.02. The molecule has 2 rings (SSSR count). The molecule has 2 N–H and O–H groups in total. The third-order valence-corrected chi connectivity index (χ3v) is 3.50. The van der Waals surface area contributed by atoms with Gasteiger partial charge in [0, 0.05) is 11.4 Å². The molecule has 1 heterocycles. The molecule has 0 radical (unpaired) electrons. The van der Waals surface area contributed by atoms with Gasteiger partial charge in [-0.15, -0.1) is 10.2 Å². The van der Waals surface area contributed by atoms with E-state index in [0.29, 0.717) is 11.2 Å². The maximum absolute atomic E-state index is 11.4. The maximum Gasteiger partial charge on any atom is 0.358 e. The first kappa shape index (κ1) is 15.2. The van der Waals surface area contributed by atoms with Gasteiger partial charge in [-0.2, -0.15) is 0 Å². The molecule has 0 aliphatic carbocycles. The van der Waals surface area contributed by atoms with Gasteiger partial charge in [0.05, 0.1) is 11.2 Å². The van der Waals surface area contributed by atoms with Gasteiger partial charge in [-0.05, 0) is 19.4 Å². The van der Waals surface area contributed by atoms with Gasteiger partial charge in [0.1, 0.15) is 0 Å². The van der Waals surface area contributed by atoms with Crippen LogP contribution < -0.4 is 5.32 Å². The van der Waals surface area contributed by atoms with Crippen LogP contribution in [0.2, 0.25) is 0 Å². The number of carboxylic acid groups (broad SMARTS) is 1. The van der Waals surface area contributed by atoms with Crippen LogP contribution in [0.3, 0.4) is 0 Å². The number of carboxylic acids is 1. The second-order valence-corrected chi connectivity index (χ2v) is 5.29. The monoisotopic (exact) mass is 287 g/mol. The lowest BCUT2D eigenvalue weighted by molar-refractivity contribution is 0.0690. The molecule has 0 saturated carbocycles. The number of aromatic nitrogens is 2. The zero-order valence-corrected chi connectivity index (χ0v) is 12.5. The van der Waals surface area contributed by atoms with Gasteiger partial charge in [0.2, 0.25) is 0 Å². The standard InChI is InChI=1S/C16H21N3O2/c1-3-4-5-8-11(2)17-14-12-9-6-7-10-13(12)18-19-15(14)16(20)21/h6-7,9-11H,3-5,8H2,1-2H3,(H,17,18)(H,20,21). The molecule has 1 aromatic carbocycles. The van der Waals surface area contributed by atoms with Crippen molar-refractivity contribution in [1.29, 1.82) is 0 Å². The zero-order chi connectivity index (χ0) is 15.2. The van der Waals surface area contributed by atoms with Crippen molar-refractivity contribution < 1.29 is 9.90 Å². The highest BCUT2D eigenvalue weighted by Gasteiger charge is 2.17. The molecule has 0 aliphatic rings. The highest BCUT2D eigenvalue weighted by Crippen LogP contribution is 2.25. The van der Waals surface area contributed by atoms with Gasteiger partial charge in [-0.1, -0.05) is 44.4 Å². The number of fused-ring (bicyclic) bond motifs is 1. The van der Waals surface area contributed by atoms with Crippen molar-refractivity contribution in [2.45, 2.75) is 45.6 Å². The van der Waals surface area contributed by atoms with Crippen LogP contribution in [-0.4, -0.2) is 27.3 Å². The Morgan fingerprint density at radius 1 is 1.29 bits per heavy atom. The van der Waals surface area contributed by atoms with E-state index >= 15 is 0 Å². The summed E-state index contributed by atoms with van der Waals surface area (Å²) >= 11 is 0. The molecule has 5 heteroatoms. The predicted octanol–water partition coefficient (Wildman–Crippen LogP) is 3.71. The number of anilines is 1. The van der Waals surface area contributed by atoms with Gasteiger partial charge in [0.15, 0.2) is 5.69 Å². The number of nitrogens with zero attached hydrogens (tertiary/aromatic N) is 2. The first-order chi connectivity index (χ1) is 10.1. The number of unbranched alkanes of at least 4 members (excludes halogenated alkanes) is 2. The van der Waals surface area contributed by atoms with Crippen molar-refractivity contribution in [2.75, 3.05) is 5.32 Å². The third-order valence-electron chi connectivity index (χ3n) is 3.50. The molecule has 112 valence electrons. The van der Waals surface area contributed by atoms with E-state index in [2.05, 4.69) is 29.4 Å². The summed E-state index contributed by atoms with van der Waals surface area (Å²) in [5.41, 5.74) is 1.25. The lowest BCUT2D eigenvalue weighted by Gasteiger charge is -2.17. The number of hydrogen-bond acceptors (Lipinski definition) is 4. The van der Waals surface area contributed by atoms with Crippen LogP contribution in [-0.2, 0) is 0 Å². The summed E-state index contributed by atoms with van der Waals surface area (Å²) < 4.78 is 0. The quantitative estimate of drug-likeness (QED) is 0.759. The van der Waals surface area contributed by atoms with E-state index in [-0.39, 0.29) is 11.7 Å². The Kier molecular flexibility index (Phi) is 5.09. The van der Waals surface area contributed by atoms with Crippen molar-refractivity contribution in [1.82, 2.24) is 10.2 Å². The van der Waals surface area contributed by atoms with Crippen LogP contribution >= 0.6 is 0 Å². The number of aromatic carboxylic acids is 1. The molecular weight excluding hydrogens is 266 g/mol. The summed E-state index contributed by atoms with van der Waals surface area (Å²) in [4.78, 5) is 11.4. The van der Waals surface area contributed by atoms with E-state index in [1.165, 1.54) is 12.8 Å². The molecule has 0 saturated heterocycles. The topological polar surface area (TPSA) is 75.1 Å². The molecule has 1 atom stereocenters. The van der Waals surface area contributed by atoms with Crippen molar-refractivity contribution in [3.8, 4) is 0 Å². The normalized spacial score (nSPS) is 12.3. The van der Waals surface area contributed by atoms with Gasteiger partial charge in [-0.25, -0.2) is 4.79 Å². The molecule has 0 aliphatic heterocycles. The Morgan fingerprint density at radius 2 is 2.05 bits per heavy atom. The fourth-order valence-corrected chi connectivity index (χ4v) is 2.37. The molecule has 21 heavy (non-hydrogen) atoms. The van der Waals surface area contributed by atoms with E-state index in [0.717, 1.165) is 18.2 Å². The summed E-state index contributed by atoms with van der Waals surface area (Å²) in [6, 6.07) is 7.65. The molecule has 1 unspecified atom stereocenters. The average Bonchev–Trinajstić information content (AvgIpc) is 2.47. The molecular formula is C16H21N3O2. The second-order valence-electron chi connectivity index (χ2n) is 5.29. The van der Waals surface area contributed by atoms with E-state index < -0.39 is 5.97 Å². The largest absolute Gasteiger partial charge is 0.476 e. The Labute approximate surface area is 124 Å². The summed E-state index contributed by atoms with van der Waals surface area (Å²) in [6.45, 7) is 4.23. The van der Waals surface area contributed by atoms with Crippen molar-refractivity contribution >= 4 is 22.6 Å². The Balaban J connectivity index is 2.31. The summed E-state index contributed by atoms with van der Waals surface area (Å²) in [6.07, 6.45) is 4.49. The fraction of sp³-hybridized carbons (Fsp3) is 0.438. The first-order valence-corrected chi connectivity index (χ1v) is 7.38. The maximum atomic E-state index is 11.4. The highest BCUT2D eigenvalue weighted by molar-refractivity contribution is 6.02. The van der Waals surface area contributed by atoms with Gasteiger partial charge < -0.3 is 10.4 Å². The van der Waals surface area contributed by atoms with Crippen molar-refractivity contribution in [3.05, 3.63) is 30.0 Å². The highest BCUT2D eigenvalue weighted by atomic mass is 16.4. The minimum atomic E-state index is -1.06. The number of carbonyl (C=O) groups is 1. The molecule has 0 spiro atoms. The van der Waals surface area contributed by atoms with E-state index in [4.69, 9.17) is 0 Å². The van der Waals surface area contributed by atoms with Crippen LogP contribution in [0.4, 0.5) is 5.69 Å². The minimum Gasteiger partial charge on any atom is -0.476 e. The van der Waals surface area contributed by atoms with Crippen molar-refractivity contribution in [2.24, 2.45) is 0 Å². The zero-order valence-electron chi connectivity index (χ0n) is 12.5. The fourth-order valence-electron chi connectivity index (χ4n) is 2.37. The lowest BCUT2D eigenvalue weighted by Crippen LogP contribution is -2.19. The Hall–Kier alpha value is -2.17. The van der Waals surface area contributed by atoms with Crippen LogP contribution in [0.15, 0.2) is 24.3 Å². The van der Waals surface area contributed by atoms with Crippen LogP contribution in [0.5, 0.6) is 0 Å². The van der Waals surface area contributed by atoms with E-state index in [1.54, 1.807) is 0 Å². The van der Waals surface area contributed by atoms with Gasteiger partial charge >= 0.3 is 5.97 Å². The number of benzene rings is 1. The third kappa shape index (κ3) is 3.68. The van der Waals surface area contributed by atoms with E-state index in [9.17, 15) is 9.90 Å². The van der Waals surface area contributed by atoms with Crippen LogP contribution in [0.25, 0.3) is 10.9 Å². The molecule has 5 nitrogen and oxygen atoms in total. The number of rotatable bonds is 7. The first-order valence-electron chi connectivity index (χ1n) is 7.38. The van der Waals surface area contributed by atoms with Crippen molar-refractivity contribution in [3.63, 3.8) is 0 Å². The molecule has 0 bridgehead atoms. The molecule has 2 aromatic rings. The smallest absolute Gasteiger partial charge is 0.358 e. The Morgan fingerprint density at radius 3 is 2.76 bits per heavy atom. The summed E-state index contributed by atoms with van der Waals surface area (Å²) in [5.74, 6) is -1.06. The number of nitrogens with one attached hydrogen (secondary N) is 1. The van der Waals surface area contributed by atoms with Crippen LogP contribution in [0, 0.1) is 0 Å². The minimum absolute atomic E-state index is 0.0176. The number of hydrogen-bond donors (Lipinski definition) is 2. The molecule has 0 amide bonds. The summed E-state index contributed by atoms with van der Waals surface area (Å²) in [5, 5.41) is 21.2. The van der Waals surface area contributed by atoms with Crippen LogP contribution in [0.1, 0.15) is 50.0 Å². The molecule has 0 fully saturated rings. The van der Waals surface area contributed by atoms with Gasteiger partial charge in [-0.3, -0.25) is 0 Å². The Bertz CT molecular complexity index is 628.